The van der Waals surface area contributed by atoms with Crippen molar-refractivity contribution in [3.63, 3.8) is 0 Å². The molecule has 0 aliphatic carbocycles. The molecule has 0 amide bonds. The van der Waals surface area contributed by atoms with Gasteiger partial charge in [0, 0.05) is 6.20 Å². The highest BCUT2D eigenvalue weighted by atomic mass is 79.9. The minimum atomic E-state index is -2.94. The molecular formula is C8H6BrF2NO3. The van der Waals surface area contributed by atoms with Crippen molar-refractivity contribution in [2.75, 3.05) is 7.11 Å². The fourth-order valence-corrected chi connectivity index (χ4v) is 1.43. The lowest BCUT2D eigenvalue weighted by atomic mass is 10.2. The predicted molar refractivity (Wildman–Crippen MR) is 51.1 cm³/mol. The van der Waals surface area contributed by atoms with E-state index in [0.717, 1.165) is 13.3 Å². The Morgan fingerprint density at radius 2 is 2.20 bits per heavy atom. The fourth-order valence-electron chi connectivity index (χ4n) is 0.969. The van der Waals surface area contributed by atoms with Crippen molar-refractivity contribution in [3.8, 4) is 0 Å². The Balaban J connectivity index is 3.44. The van der Waals surface area contributed by atoms with Crippen LogP contribution in [0.3, 0.4) is 0 Å². The smallest absolute Gasteiger partial charge is 0.344 e. The lowest BCUT2D eigenvalue weighted by Crippen LogP contribution is -2.21. The first-order chi connectivity index (χ1) is 6.99. The summed E-state index contributed by atoms with van der Waals surface area (Å²) in [6, 6.07) is 0. The normalized spacial score (nSPS) is 10.5. The largest absolute Gasteiger partial charge is 0.465 e. The number of methoxy groups -OCH3 is 1. The maximum Gasteiger partial charge on any atom is 0.344 e. The van der Waals surface area contributed by atoms with Gasteiger partial charge >= 0.3 is 5.97 Å². The summed E-state index contributed by atoms with van der Waals surface area (Å²) in [7, 11) is 1.06. The number of carbonyl (C=O) groups excluding carboxylic acids is 1. The third-order valence-electron chi connectivity index (χ3n) is 1.69. The molecule has 0 spiro atoms. The SMILES string of the molecule is COC(=O)c1c(Br)[nH]cc(C(F)F)c1=O. The molecule has 0 unspecified atom stereocenters. The molecule has 82 valence electrons. The van der Waals surface area contributed by atoms with Crippen LogP contribution >= 0.6 is 15.9 Å². The summed E-state index contributed by atoms with van der Waals surface area (Å²) in [6.07, 6.45) is -2.09. The van der Waals surface area contributed by atoms with Crippen molar-refractivity contribution in [2.24, 2.45) is 0 Å². The molecule has 0 saturated heterocycles. The summed E-state index contributed by atoms with van der Waals surface area (Å²) in [5.41, 5.74) is -2.27. The second kappa shape index (κ2) is 4.52. The van der Waals surface area contributed by atoms with Gasteiger partial charge in [-0.2, -0.15) is 0 Å². The maximum absolute atomic E-state index is 12.3. The zero-order valence-corrected chi connectivity index (χ0v) is 9.10. The molecule has 1 rings (SSSR count). The summed E-state index contributed by atoms with van der Waals surface area (Å²) in [4.78, 5) is 24.9. The van der Waals surface area contributed by atoms with Crippen LogP contribution in [0, 0.1) is 0 Å². The van der Waals surface area contributed by atoms with Crippen LogP contribution in [0.2, 0.25) is 0 Å². The number of esters is 1. The quantitative estimate of drug-likeness (QED) is 0.665. The van der Waals surface area contributed by atoms with Crippen molar-refractivity contribution in [1.82, 2.24) is 4.98 Å². The topological polar surface area (TPSA) is 59.2 Å². The summed E-state index contributed by atoms with van der Waals surface area (Å²) in [5.74, 6) is -0.967. The van der Waals surface area contributed by atoms with Gasteiger partial charge in [0.1, 0.15) is 10.2 Å². The maximum atomic E-state index is 12.3. The van der Waals surface area contributed by atoms with E-state index in [9.17, 15) is 18.4 Å². The van der Waals surface area contributed by atoms with Gasteiger partial charge in [0.25, 0.3) is 6.43 Å². The summed E-state index contributed by atoms with van der Waals surface area (Å²) >= 11 is 2.87. The molecular weight excluding hydrogens is 276 g/mol. The molecule has 1 aromatic heterocycles. The van der Waals surface area contributed by atoms with E-state index in [1.807, 2.05) is 0 Å². The molecule has 0 fully saturated rings. The van der Waals surface area contributed by atoms with Gasteiger partial charge in [0.15, 0.2) is 0 Å². The summed E-state index contributed by atoms with van der Waals surface area (Å²) in [6.45, 7) is 0. The van der Waals surface area contributed by atoms with Gasteiger partial charge in [0.2, 0.25) is 5.43 Å². The average Bonchev–Trinajstić information content (AvgIpc) is 2.16. The minimum Gasteiger partial charge on any atom is -0.465 e. The van der Waals surface area contributed by atoms with Crippen molar-refractivity contribution < 1.29 is 18.3 Å². The highest BCUT2D eigenvalue weighted by Crippen LogP contribution is 2.18. The Morgan fingerprint density at radius 1 is 1.60 bits per heavy atom. The molecule has 7 heteroatoms. The molecule has 15 heavy (non-hydrogen) atoms. The first-order valence-electron chi connectivity index (χ1n) is 3.76. The number of H-pyrrole nitrogens is 1. The molecule has 1 heterocycles. The van der Waals surface area contributed by atoms with Crippen LogP contribution in [0.4, 0.5) is 8.78 Å². The second-order valence-corrected chi connectivity index (χ2v) is 3.35. The number of aromatic nitrogens is 1. The van der Waals surface area contributed by atoms with E-state index in [1.165, 1.54) is 0 Å². The van der Waals surface area contributed by atoms with E-state index < -0.39 is 29.0 Å². The fraction of sp³-hybridized carbons (Fsp3) is 0.250. The van der Waals surface area contributed by atoms with Gasteiger partial charge < -0.3 is 9.72 Å². The number of pyridine rings is 1. The van der Waals surface area contributed by atoms with Crippen LogP contribution in [0.5, 0.6) is 0 Å². The summed E-state index contributed by atoms with van der Waals surface area (Å²) in [5, 5.41) is 0. The van der Waals surface area contributed by atoms with Crippen LogP contribution < -0.4 is 5.43 Å². The first kappa shape index (κ1) is 11.8. The van der Waals surface area contributed by atoms with Gasteiger partial charge in [0.05, 0.1) is 12.7 Å². The lowest BCUT2D eigenvalue weighted by Gasteiger charge is -2.04. The van der Waals surface area contributed by atoms with Crippen molar-refractivity contribution >= 4 is 21.9 Å². The standard InChI is InChI=1S/C8H6BrF2NO3/c1-15-8(14)4-5(13)3(7(10)11)2-12-6(4)9/h2,7H,1H3,(H,12,13). The number of halogens is 3. The van der Waals surface area contributed by atoms with E-state index in [-0.39, 0.29) is 4.60 Å². The number of carbonyl (C=O) groups is 1. The number of nitrogens with one attached hydrogen (secondary N) is 1. The van der Waals surface area contributed by atoms with Crippen LogP contribution in [0.15, 0.2) is 15.6 Å². The van der Waals surface area contributed by atoms with Crippen LogP contribution in [0.25, 0.3) is 0 Å². The Bertz CT molecular complexity index is 444. The van der Waals surface area contributed by atoms with Crippen LogP contribution in [-0.2, 0) is 4.74 Å². The van der Waals surface area contributed by atoms with E-state index >= 15 is 0 Å². The van der Waals surface area contributed by atoms with Gasteiger partial charge in [-0.25, -0.2) is 13.6 Å². The highest BCUT2D eigenvalue weighted by molar-refractivity contribution is 9.10. The number of hydrogen-bond acceptors (Lipinski definition) is 3. The van der Waals surface area contributed by atoms with E-state index in [0.29, 0.717) is 0 Å². The molecule has 0 aliphatic rings. The van der Waals surface area contributed by atoms with Crippen LogP contribution in [0.1, 0.15) is 22.3 Å². The highest BCUT2D eigenvalue weighted by Gasteiger charge is 2.22. The number of hydrogen-bond donors (Lipinski definition) is 1. The van der Waals surface area contributed by atoms with Gasteiger partial charge in [-0.05, 0) is 15.9 Å². The van der Waals surface area contributed by atoms with E-state index in [4.69, 9.17) is 0 Å². The number of ether oxygens (including phenoxy) is 1. The van der Waals surface area contributed by atoms with Crippen LogP contribution in [-0.4, -0.2) is 18.1 Å². The summed E-state index contributed by atoms with van der Waals surface area (Å²) < 4.78 is 29.0. The van der Waals surface area contributed by atoms with Crippen molar-refractivity contribution in [2.45, 2.75) is 6.43 Å². The first-order valence-corrected chi connectivity index (χ1v) is 4.56. The van der Waals surface area contributed by atoms with Gasteiger partial charge in [-0.1, -0.05) is 0 Å². The number of alkyl halides is 2. The van der Waals surface area contributed by atoms with Crippen molar-refractivity contribution in [1.29, 1.82) is 0 Å². The average molecular weight is 282 g/mol. The van der Waals surface area contributed by atoms with E-state index in [2.05, 4.69) is 25.7 Å². The molecule has 0 saturated carbocycles. The third-order valence-corrected chi connectivity index (χ3v) is 2.31. The Hall–Kier alpha value is -1.24. The molecule has 0 atom stereocenters. The molecule has 1 N–H and O–H groups in total. The second-order valence-electron chi connectivity index (χ2n) is 2.55. The predicted octanol–water partition coefficient (Wildman–Crippen LogP) is 1.86. The zero-order chi connectivity index (χ0) is 11.6. The van der Waals surface area contributed by atoms with Crippen molar-refractivity contribution in [3.05, 3.63) is 32.2 Å². The molecule has 1 aromatic rings. The Kier molecular flexibility index (Phi) is 3.57. The minimum absolute atomic E-state index is 0.0174. The van der Waals surface area contributed by atoms with Gasteiger partial charge in [-0.15, -0.1) is 0 Å². The molecule has 0 aliphatic heterocycles. The Morgan fingerprint density at radius 3 is 2.67 bits per heavy atom. The molecule has 0 bridgehead atoms. The molecule has 0 aromatic carbocycles. The molecule has 0 radical (unpaired) electrons. The van der Waals surface area contributed by atoms with Gasteiger partial charge in [-0.3, -0.25) is 4.79 Å². The third kappa shape index (κ3) is 2.23. The lowest BCUT2D eigenvalue weighted by molar-refractivity contribution is 0.0597. The zero-order valence-electron chi connectivity index (χ0n) is 7.51. The number of aromatic amines is 1. The number of rotatable bonds is 2. The Labute approximate surface area is 91.4 Å². The monoisotopic (exact) mass is 281 g/mol. The van der Waals surface area contributed by atoms with E-state index in [1.54, 1.807) is 0 Å². The molecule has 4 nitrogen and oxygen atoms in total.